The number of nitriles is 1. The molecule has 0 bridgehead atoms. The summed E-state index contributed by atoms with van der Waals surface area (Å²) in [6.45, 7) is 2.56. The molecule has 2 aromatic carbocycles. The van der Waals surface area contributed by atoms with Crippen molar-refractivity contribution in [2.45, 2.75) is 19.9 Å². The number of aliphatic imine (C=N–C) groups is 1. The molecular formula is C17H19IN4. The zero-order chi connectivity index (χ0) is 15.1. The Morgan fingerprint density at radius 1 is 1.18 bits per heavy atom. The highest BCUT2D eigenvalue weighted by atomic mass is 127. The fourth-order valence-corrected chi connectivity index (χ4v) is 1.93. The van der Waals surface area contributed by atoms with Crippen molar-refractivity contribution in [3.8, 4) is 6.07 Å². The summed E-state index contributed by atoms with van der Waals surface area (Å²) in [7, 11) is 0. The molecule has 0 amide bonds. The van der Waals surface area contributed by atoms with Gasteiger partial charge in [-0.3, -0.25) is 0 Å². The molecule has 4 nitrogen and oxygen atoms in total. The van der Waals surface area contributed by atoms with Gasteiger partial charge in [-0.1, -0.05) is 31.2 Å². The molecule has 114 valence electrons. The smallest absolute Gasteiger partial charge is 0.193 e. The summed E-state index contributed by atoms with van der Waals surface area (Å²) in [5.41, 5.74) is 9.65. The average molecular weight is 406 g/mol. The van der Waals surface area contributed by atoms with Crippen LogP contribution in [0, 0.1) is 11.3 Å². The van der Waals surface area contributed by atoms with Gasteiger partial charge < -0.3 is 11.1 Å². The Labute approximate surface area is 148 Å². The summed E-state index contributed by atoms with van der Waals surface area (Å²) in [6, 6.07) is 17.5. The lowest BCUT2D eigenvalue weighted by Gasteiger charge is -2.06. The van der Waals surface area contributed by atoms with Crippen LogP contribution in [0.15, 0.2) is 53.5 Å². The largest absolute Gasteiger partial charge is 0.370 e. The lowest BCUT2D eigenvalue weighted by molar-refractivity contribution is 1.06. The van der Waals surface area contributed by atoms with E-state index in [0.29, 0.717) is 18.1 Å². The zero-order valence-electron chi connectivity index (χ0n) is 12.4. The van der Waals surface area contributed by atoms with Crippen molar-refractivity contribution in [2.75, 3.05) is 5.32 Å². The van der Waals surface area contributed by atoms with E-state index >= 15 is 0 Å². The van der Waals surface area contributed by atoms with E-state index in [1.54, 1.807) is 6.07 Å². The highest BCUT2D eigenvalue weighted by Gasteiger charge is 1.97. The lowest BCUT2D eigenvalue weighted by Crippen LogP contribution is -2.22. The van der Waals surface area contributed by atoms with Gasteiger partial charge in [-0.25, -0.2) is 4.99 Å². The standard InChI is InChI=1S/C17H18N4.HI/c1-2-13-6-8-16(9-7-13)21-17(19)20-12-15-5-3-4-14(10-15)11-18;/h3-10H,2,12H2,1H3,(H3,19,20,21);1H. The highest BCUT2D eigenvalue weighted by Crippen LogP contribution is 2.10. The fourth-order valence-electron chi connectivity index (χ4n) is 1.93. The first-order valence-corrected chi connectivity index (χ1v) is 6.86. The monoisotopic (exact) mass is 406 g/mol. The van der Waals surface area contributed by atoms with E-state index in [-0.39, 0.29) is 24.0 Å². The Bertz CT molecular complexity index is 672. The normalized spacial score (nSPS) is 10.5. The van der Waals surface area contributed by atoms with Crippen LogP contribution in [0.1, 0.15) is 23.6 Å². The summed E-state index contributed by atoms with van der Waals surface area (Å²) in [5, 5.41) is 11.9. The van der Waals surface area contributed by atoms with E-state index in [4.69, 9.17) is 11.0 Å². The first kappa shape index (κ1) is 18.0. The Kier molecular flexibility index (Phi) is 7.40. The van der Waals surface area contributed by atoms with Gasteiger partial charge in [-0.15, -0.1) is 24.0 Å². The van der Waals surface area contributed by atoms with Gasteiger partial charge in [0.15, 0.2) is 5.96 Å². The minimum absolute atomic E-state index is 0. The summed E-state index contributed by atoms with van der Waals surface area (Å²) in [6.07, 6.45) is 1.01. The topological polar surface area (TPSA) is 74.2 Å². The van der Waals surface area contributed by atoms with Crippen molar-refractivity contribution < 1.29 is 0 Å². The molecule has 2 rings (SSSR count). The molecule has 0 saturated carbocycles. The van der Waals surface area contributed by atoms with Crippen molar-refractivity contribution >= 4 is 35.6 Å². The van der Waals surface area contributed by atoms with Crippen LogP contribution in [0.3, 0.4) is 0 Å². The average Bonchev–Trinajstić information content (AvgIpc) is 2.54. The molecule has 0 aliphatic carbocycles. The highest BCUT2D eigenvalue weighted by molar-refractivity contribution is 14.0. The SMILES string of the molecule is CCc1ccc(NC(N)=NCc2cccc(C#N)c2)cc1.I. The van der Waals surface area contributed by atoms with Gasteiger partial charge in [0.1, 0.15) is 0 Å². The van der Waals surface area contributed by atoms with Crippen molar-refractivity contribution in [1.82, 2.24) is 0 Å². The molecular weight excluding hydrogens is 387 g/mol. The van der Waals surface area contributed by atoms with Gasteiger partial charge in [0, 0.05) is 5.69 Å². The second kappa shape index (κ2) is 9.05. The summed E-state index contributed by atoms with van der Waals surface area (Å²) >= 11 is 0. The molecule has 0 fully saturated rings. The second-order valence-corrected chi connectivity index (χ2v) is 4.69. The minimum Gasteiger partial charge on any atom is -0.370 e. The minimum atomic E-state index is 0. The van der Waals surface area contributed by atoms with Crippen LogP contribution < -0.4 is 11.1 Å². The van der Waals surface area contributed by atoms with Crippen molar-refractivity contribution in [1.29, 1.82) is 5.26 Å². The molecule has 0 spiro atoms. The first-order valence-electron chi connectivity index (χ1n) is 6.86. The maximum absolute atomic E-state index is 8.85. The van der Waals surface area contributed by atoms with Crippen LogP contribution in [-0.2, 0) is 13.0 Å². The maximum Gasteiger partial charge on any atom is 0.193 e. The van der Waals surface area contributed by atoms with Gasteiger partial charge in [0.2, 0.25) is 0 Å². The molecule has 0 heterocycles. The van der Waals surface area contributed by atoms with Gasteiger partial charge >= 0.3 is 0 Å². The Hall–Kier alpha value is -2.07. The van der Waals surface area contributed by atoms with E-state index in [9.17, 15) is 0 Å². The molecule has 0 atom stereocenters. The Morgan fingerprint density at radius 3 is 2.55 bits per heavy atom. The van der Waals surface area contributed by atoms with Crippen molar-refractivity contribution in [3.63, 3.8) is 0 Å². The number of hydrogen-bond acceptors (Lipinski definition) is 2. The van der Waals surface area contributed by atoms with Gasteiger partial charge in [0.25, 0.3) is 0 Å². The predicted molar refractivity (Wildman–Crippen MR) is 101 cm³/mol. The molecule has 0 aromatic heterocycles. The molecule has 0 radical (unpaired) electrons. The van der Waals surface area contributed by atoms with Gasteiger partial charge in [-0.05, 0) is 41.8 Å². The number of anilines is 1. The molecule has 22 heavy (non-hydrogen) atoms. The number of aryl methyl sites for hydroxylation is 1. The number of guanidine groups is 1. The Morgan fingerprint density at radius 2 is 1.91 bits per heavy atom. The molecule has 0 aliphatic rings. The Balaban J connectivity index is 0.00000242. The number of halogens is 1. The van der Waals surface area contributed by atoms with Crippen LogP contribution in [-0.4, -0.2) is 5.96 Å². The molecule has 5 heteroatoms. The summed E-state index contributed by atoms with van der Waals surface area (Å²) in [5.74, 6) is 0.363. The zero-order valence-corrected chi connectivity index (χ0v) is 14.7. The number of hydrogen-bond donors (Lipinski definition) is 2. The third-order valence-electron chi connectivity index (χ3n) is 3.12. The molecule has 3 N–H and O–H groups in total. The second-order valence-electron chi connectivity index (χ2n) is 4.69. The van der Waals surface area contributed by atoms with E-state index in [0.717, 1.165) is 17.7 Å². The number of benzene rings is 2. The van der Waals surface area contributed by atoms with E-state index in [2.05, 4.69) is 35.4 Å². The number of rotatable bonds is 4. The molecule has 2 aromatic rings. The van der Waals surface area contributed by atoms with Crippen LogP contribution in [0.25, 0.3) is 0 Å². The quantitative estimate of drug-likeness (QED) is 0.462. The van der Waals surface area contributed by atoms with Gasteiger partial charge in [-0.2, -0.15) is 5.26 Å². The molecule has 0 aliphatic heterocycles. The van der Waals surface area contributed by atoms with E-state index in [1.165, 1.54) is 5.56 Å². The first-order chi connectivity index (χ1) is 10.2. The van der Waals surface area contributed by atoms with Crippen molar-refractivity contribution in [3.05, 3.63) is 65.2 Å². The van der Waals surface area contributed by atoms with Crippen LogP contribution >= 0.6 is 24.0 Å². The van der Waals surface area contributed by atoms with Crippen molar-refractivity contribution in [2.24, 2.45) is 10.7 Å². The van der Waals surface area contributed by atoms with Gasteiger partial charge in [0.05, 0.1) is 18.2 Å². The third kappa shape index (κ3) is 5.37. The van der Waals surface area contributed by atoms with Crippen LogP contribution in [0.5, 0.6) is 0 Å². The van der Waals surface area contributed by atoms with Crippen LogP contribution in [0.4, 0.5) is 5.69 Å². The molecule has 0 saturated heterocycles. The number of nitrogens with zero attached hydrogens (tertiary/aromatic N) is 2. The molecule has 0 unspecified atom stereocenters. The third-order valence-corrected chi connectivity index (χ3v) is 3.12. The fraction of sp³-hybridized carbons (Fsp3) is 0.176. The van der Waals surface area contributed by atoms with Crippen LogP contribution in [0.2, 0.25) is 0 Å². The number of nitrogens with one attached hydrogen (secondary N) is 1. The number of nitrogens with two attached hydrogens (primary N) is 1. The van der Waals surface area contributed by atoms with E-state index < -0.39 is 0 Å². The van der Waals surface area contributed by atoms with E-state index in [1.807, 2.05) is 30.3 Å². The summed E-state index contributed by atoms with van der Waals surface area (Å²) < 4.78 is 0. The maximum atomic E-state index is 8.85. The lowest BCUT2D eigenvalue weighted by atomic mass is 10.1. The predicted octanol–water partition coefficient (Wildman–Crippen LogP) is 3.67. The summed E-state index contributed by atoms with van der Waals surface area (Å²) in [4.78, 5) is 4.28.